The van der Waals surface area contributed by atoms with Gasteiger partial charge in [0.1, 0.15) is 18.2 Å². The molecule has 0 bridgehead atoms. The molecular weight excluding hydrogens is 263 g/mol. The van der Waals surface area contributed by atoms with E-state index in [4.69, 9.17) is 9.52 Å². The summed E-state index contributed by atoms with van der Waals surface area (Å²) in [4.78, 5) is 1.02. The number of halogens is 1. The number of aliphatic hydroxyl groups is 1. The molecule has 0 radical (unpaired) electrons. The zero-order valence-corrected chi connectivity index (χ0v) is 11.3. The molecule has 0 fully saturated rings. The van der Waals surface area contributed by atoms with Crippen LogP contribution in [0.2, 0.25) is 0 Å². The molecule has 1 heterocycles. The van der Waals surface area contributed by atoms with Crippen LogP contribution in [0, 0.1) is 24.6 Å². The lowest BCUT2D eigenvalue weighted by Crippen LogP contribution is -1.89. The summed E-state index contributed by atoms with van der Waals surface area (Å²) < 4.78 is 19.0. The van der Waals surface area contributed by atoms with Gasteiger partial charge in [0.15, 0.2) is 0 Å². The van der Waals surface area contributed by atoms with E-state index in [-0.39, 0.29) is 12.4 Å². The lowest BCUT2D eigenvalue weighted by atomic mass is 10.1. The minimum absolute atomic E-state index is 0.223. The Morgan fingerprint density at radius 3 is 2.84 bits per heavy atom. The summed E-state index contributed by atoms with van der Waals surface area (Å²) in [7, 11) is 0. The maximum absolute atomic E-state index is 13.8. The average molecular weight is 276 g/mol. The van der Waals surface area contributed by atoms with E-state index in [9.17, 15) is 4.39 Å². The van der Waals surface area contributed by atoms with Crippen LogP contribution in [0.25, 0.3) is 0 Å². The molecule has 0 unspecified atom stereocenters. The molecule has 0 aliphatic carbocycles. The minimum atomic E-state index is -0.279. The molecule has 2 nitrogen and oxygen atoms in total. The maximum atomic E-state index is 13.8. The third-order valence-corrected chi connectivity index (χ3v) is 3.75. The van der Waals surface area contributed by atoms with Gasteiger partial charge in [0.2, 0.25) is 0 Å². The molecule has 0 amide bonds. The summed E-state index contributed by atoms with van der Waals surface area (Å²) in [5.74, 6) is 6.28. The Morgan fingerprint density at radius 2 is 2.21 bits per heavy atom. The van der Waals surface area contributed by atoms with Crippen LogP contribution in [-0.2, 0) is 5.75 Å². The highest BCUT2D eigenvalue weighted by Gasteiger charge is 2.06. The van der Waals surface area contributed by atoms with Gasteiger partial charge >= 0.3 is 0 Å². The van der Waals surface area contributed by atoms with Gasteiger partial charge in [-0.05, 0) is 30.7 Å². The van der Waals surface area contributed by atoms with Crippen molar-refractivity contribution in [2.75, 3.05) is 6.61 Å². The van der Waals surface area contributed by atoms with Crippen molar-refractivity contribution in [2.24, 2.45) is 0 Å². The zero-order chi connectivity index (χ0) is 13.7. The van der Waals surface area contributed by atoms with E-state index in [1.54, 1.807) is 18.4 Å². The van der Waals surface area contributed by atoms with Crippen molar-refractivity contribution in [3.63, 3.8) is 0 Å². The summed E-state index contributed by atoms with van der Waals surface area (Å²) in [6.45, 7) is 1.66. The predicted molar refractivity (Wildman–Crippen MR) is 73.4 cm³/mol. The number of hydrogen-bond acceptors (Lipinski definition) is 3. The normalized spacial score (nSPS) is 10.1. The minimum Gasteiger partial charge on any atom is -0.468 e. The van der Waals surface area contributed by atoms with Gasteiger partial charge in [-0.1, -0.05) is 17.9 Å². The number of benzene rings is 1. The molecule has 0 spiro atoms. The fraction of sp³-hybridized carbons (Fsp3) is 0.200. The largest absolute Gasteiger partial charge is 0.468 e. The quantitative estimate of drug-likeness (QED) is 0.689. The van der Waals surface area contributed by atoms with Crippen LogP contribution in [0.4, 0.5) is 4.39 Å². The standard InChI is InChI=1S/C15H13FO2S/c1-11-15(6-8-18-11)19-10-13-5-4-12(3-2-7-17)9-14(13)16/h4-6,8-9,17H,7,10H2,1H3. The van der Waals surface area contributed by atoms with Gasteiger partial charge in [0, 0.05) is 16.2 Å². The molecule has 2 rings (SSSR count). The molecule has 1 aromatic heterocycles. The average Bonchev–Trinajstić information content (AvgIpc) is 2.81. The van der Waals surface area contributed by atoms with Gasteiger partial charge in [-0.3, -0.25) is 0 Å². The van der Waals surface area contributed by atoms with Crippen LogP contribution in [-0.4, -0.2) is 11.7 Å². The molecule has 1 N–H and O–H groups in total. The summed E-state index contributed by atoms with van der Waals surface area (Å²) in [5.41, 5.74) is 1.19. The van der Waals surface area contributed by atoms with E-state index in [0.717, 1.165) is 10.7 Å². The first kappa shape index (κ1) is 13.7. The van der Waals surface area contributed by atoms with Gasteiger partial charge in [-0.2, -0.15) is 0 Å². The van der Waals surface area contributed by atoms with Crippen LogP contribution in [0.5, 0.6) is 0 Å². The zero-order valence-electron chi connectivity index (χ0n) is 10.4. The Kier molecular flexibility index (Phi) is 4.67. The third kappa shape index (κ3) is 3.63. The molecule has 98 valence electrons. The van der Waals surface area contributed by atoms with Crippen molar-refractivity contribution in [2.45, 2.75) is 17.6 Å². The number of furan rings is 1. The van der Waals surface area contributed by atoms with Crippen LogP contribution < -0.4 is 0 Å². The second-order valence-corrected chi connectivity index (χ2v) is 4.91. The van der Waals surface area contributed by atoms with E-state index in [2.05, 4.69) is 11.8 Å². The first-order chi connectivity index (χ1) is 9.20. The first-order valence-corrected chi connectivity index (χ1v) is 6.74. The van der Waals surface area contributed by atoms with Gasteiger partial charge in [-0.25, -0.2) is 4.39 Å². The lowest BCUT2D eigenvalue weighted by molar-refractivity contribution is 0.350. The van der Waals surface area contributed by atoms with Crippen molar-refractivity contribution in [1.82, 2.24) is 0 Å². The molecule has 19 heavy (non-hydrogen) atoms. The molecular formula is C15H13FO2S. The van der Waals surface area contributed by atoms with E-state index in [0.29, 0.717) is 16.9 Å². The molecule has 2 aromatic rings. The molecule has 1 aromatic carbocycles. The van der Waals surface area contributed by atoms with Gasteiger partial charge < -0.3 is 9.52 Å². The lowest BCUT2D eigenvalue weighted by Gasteiger charge is -2.03. The van der Waals surface area contributed by atoms with E-state index < -0.39 is 0 Å². The number of hydrogen-bond donors (Lipinski definition) is 1. The number of thioether (sulfide) groups is 1. The highest BCUT2D eigenvalue weighted by atomic mass is 32.2. The first-order valence-electron chi connectivity index (χ1n) is 5.75. The monoisotopic (exact) mass is 276 g/mol. The third-order valence-electron chi connectivity index (χ3n) is 2.56. The second-order valence-electron chi connectivity index (χ2n) is 3.90. The Bertz CT molecular complexity index is 623. The fourth-order valence-electron chi connectivity index (χ4n) is 1.56. The summed E-state index contributed by atoms with van der Waals surface area (Å²) >= 11 is 1.53. The maximum Gasteiger partial charge on any atom is 0.128 e. The molecule has 0 aliphatic rings. The Labute approximate surface area is 115 Å². The van der Waals surface area contributed by atoms with Crippen LogP contribution in [0.3, 0.4) is 0 Å². The fourth-order valence-corrected chi connectivity index (χ4v) is 2.51. The van der Waals surface area contributed by atoms with E-state index >= 15 is 0 Å². The Morgan fingerprint density at radius 1 is 1.37 bits per heavy atom. The molecule has 0 saturated heterocycles. The highest BCUT2D eigenvalue weighted by molar-refractivity contribution is 7.98. The van der Waals surface area contributed by atoms with Gasteiger partial charge in [0.05, 0.1) is 6.26 Å². The topological polar surface area (TPSA) is 33.4 Å². The van der Waals surface area contributed by atoms with Crippen molar-refractivity contribution in [3.8, 4) is 11.8 Å². The van der Waals surface area contributed by atoms with Crippen molar-refractivity contribution in [1.29, 1.82) is 0 Å². The summed E-state index contributed by atoms with van der Waals surface area (Å²) in [5, 5.41) is 8.59. The van der Waals surface area contributed by atoms with Gasteiger partial charge in [-0.15, -0.1) is 11.8 Å². The van der Waals surface area contributed by atoms with Crippen molar-refractivity contribution < 1.29 is 13.9 Å². The highest BCUT2D eigenvalue weighted by Crippen LogP contribution is 2.27. The van der Waals surface area contributed by atoms with Crippen LogP contribution >= 0.6 is 11.8 Å². The molecule has 0 atom stereocenters. The van der Waals surface area contributed by atoms with Crippen LogP contribution in [0.1, 0.15) is 16.9 Å². The van der Waals surface area contributed by atoms with E-state index in [1.807, 2.05) is 13.0 Å². The molecule has 4 heteroatoms. The second kappa shape index (κ2) is 6.46. The number of aryl methyl sites for hydroxylation is 1. The van der Waals surface area contributed by atoms with Gasteiger partial charge in [0.25, 0.3) is 0 Å². The smallest absolute Gasteiger partial charge is 0.128 e. The number of rotatable bonds is 3. The van der Waals surface area contributed by atoms with Crippen molar-refractivity contribution in [3.05, 3.63) is 53.2 Å². The summed E-state index contributed by atoms with van der Waals surface area (Å²) in [6.07, 6.45) is 1.63. The van der Waals surface area contributed by atoms with E-state index in [1.165, 1.54) is 17.8 Å². The molecule has 0 aliphatic heterocycles. The van der Waals surface area contributed by atoms with Crippen LogP contribution in [0.15, 0.2) is 39.8 Å². The predicted octanol–water partition coefficient (Wildman–Crippen LogP) is 3.36. The summed E-state index contributed by atoms with van der Waals surface area (Å²) in [6, 6.07) is 6.74. The molecule has 0 saturated carbocycles. The number of aliphatic hydroxyl groups excluding tert-OH is 1. The Hall–Kier alpha value is -1.70. The van der Waals surface area contributed by atoms with Crippen molar-refractivity contribution >= 4 is 11.8 Å². The Balaban J connectivity index is 2.07. The SMILES string of the molecule is Cc1occc1SCc1ccc(C#CCO)cc1F.